The topological polar surface area (TPSA) is 52.0 Å². The van der Waals surface area contributed by atoms with E-state index in [1.165, 1.54) is 63.4 Å². The lowest BCUT2D eigenvalue weighted by molar-refractivity contribution is 0.186. The van der Waals surface area contributed by atoms with E-state index in [0.29, 0.717) is 11.4 Å². The van der Waals surface area contributed by atoms with Crippen LogP contribution < -0.4 is 11.5 Å². The number of nitrogen functional groups attached to an aromatic ring is 2. The number of nitrogens with two attached hydrogens (primary N) is 2. The molecule has 0 heterocycles. The van der Waals surface area contributed by atoms with Gasteiger partial charge in [0.05, 0.1) is 0 Å². The minimum absolute atomic E-state index is 0.713. The fourth-order valence-corrected chi connectivity index (χ4v) is 5.11. The normalized spacial score (nSPS) is 22.9. The van der Waals surface area contributed by atoms with Crippen LogP contribution in [0.1, 0.15) is 81.8 Å². The van der Waals surface area contributed by atoms with Crippen molar-refractivity contribution in [2.24, 2.45) is 11.8 Å². The first-order valence-electron chi connectivity index (χ1n) is 11.4. The molecule has 0 saturated heterocycles. The Morgan fingerprint density at radius 2 is 1.29 bits per heavy atom. The lowest BCUT2D eigenvalue weighted by Crippen LogP contribution is -2.23. The lowest BCUT2D eigenvalue weighted by atomic mass is 9.70. The van der Waals surface area contributed by atoms with Gasteiger partial charge in [0.25, 0.3) is 0 Å². The van der Waals surface area contributed by atoms with Crippen molar-refractivity contribution in [2.75, 3.05) is 11.5 Å². The molecule has 2 aromatic carbocycles. The standard InChI is InChI=1S/C20H30.C6H8N2/c1-2-16-8-10-18(11-9-16)20-14-12-19(13-15-20)17-6-4-3-5-7-17;7-5-2-1-3-6(8)4-5/h8-11,17,19-20H,2-7,12-15H2,1H3;1-4H,7-8H2. The molecule has 0 aliphatic heterocycles. The van der Waals surface area contributed by atoms with Crippen LogP contribution >= 0.6 is 0 Å². The van der Waals surface area contributed by atoms with Gasteiger partial charge in [0.15, 0.2) is 0 Å². The highest BCUT2D eigenvalue weighted by molar-refractivity contribution is 5.50. The van der Waals surface area contributed by atoms with Crippen LogP contribution in [0, 0.1) is 11.8 Å². The predicted octanol–water partition coefficient (Wildman–Crippen LogP) is 6.95. The quantitative estimate of drug-likeness (QED) is 0.567. The molecule has 0 radical (unpaired) electrons. The van der Waals surface area contributed by atoms with Crippen molar-refractivity contribution in [1.29, 1.82) is 0 Å². The van der Waals surface area contributed by atoms with Gasteiger partial charge in [-0.15, -0.1) is 0 Å². The summed E-state index contributed by atoms with van der Waals surface area (Å²) in [6.07, 6.45) is 14.6. The number of hydrogen-bond acceptors (Lipinski definition) is 2. The lowest BCUT2D eigenvalue weighted by Gasteiger charge is -2.36. The second kappa shape index (κ2) is 10.5. The van der Waals surface area contributed by atoms with Crippen LogP contribution in [-0.2, 0) is 6.42 Å². The zero-order valence-electron chi connectivity index (χ0n) is 17.6. The molecule has 152 valence electrons. The second-order valence-electron chi connectivity index (χ2n) is 8.78. The van der Waals surface area contributed by atoms with Crippen molar-refractivity contribution in [1.82, 2.24) is 0 Å². The van der Waals surface area contributed by atoms with Crippen LogP contribution in [0.15, 0.2) is 48.5 Å². The molecule has 2 fully saturated rings. The number of benzene rings is 2. The number of anilines is 2. The van der Waals surface area contributed by atoms with Crippen LogP contribution in [-0.4, -0.2) is 0 Å². The van der Waals surface area contributed by atoms with E-state index in [4.69, 9.17) is 11.5 Å². The van der Waals surface area contributed by atoms with Crippen molar-refractivity contribution >= 4 is 11.4 Å². The Hall–Kier alpha value is -1.96. The average Bonchev–Trinajstić information content (AvgIpc) is 2.75. The highest BCUT2D eigenvalue weighted by Gasteiger charge is 2.28. The molecular formula is C26H38N2. The molecule has 0 bridgehead atoms. The Balaban J connectivity index is 0.000000236. The number of aryl methyl sites for hydroxylation is 1. The third-order valence-corrected chi connectivity index (χ3v) is 6.86. The zero-order valence-corrected chi connectivity index (χ0v) is 17.6. The minimum atomic E-state index is 0.713. The first-order chi connectivity index (χ1) is 13.7. The van der Waals surface area contributed by atoms with E-state index in [0.717, 1.165) is 24.2 Å². The highest BCUT2D eigenvalue weighted by Crippen LogP contribution is 2.42. The van der Waals surface area contributed by atoms with Gasteiger partial charge in [-0.2, -0.15) is 0 Å². The molecule has 0 atom stereocenters. The monoisotopic (exact) mass is 378 g/mol. The zero-order chi connectivity index (χ0) is 19.8. The highest BCUT2D eigenvalue weighted by atomic mass is 14.6. The van der Waals surface area contributed by atoms with Crippen molar-refractivity contribution in [3.63, 3.8) is 0 Å². The van der Waals surface area contributed by atoms with Crippen LogP contribution in [0.5, 0.6) is 0 Å². The predicted molar refractivity (Wildman–Crippen MR) is 122 cm³/mol. The summed E-state index contributed by atoms with van der Waals surface area (Å²) in [6.45, 7) is 2.24. The molecule has 2 heteroatoms. The summed E-state index contributed by atoms with van der Waals surface area (Å²) in [6, 6.07) is 16.6. The molecule has 2 aliphatic carbocycles. The third-order valence-electron chi connectivity index (χ3n) is 6.86. The fourth-order valence-electron chi connectivity index (χ4n) is 5.11. The summed E-state index contributed by atoms with van der Waals surface area (Å²) in [5.74, 6) is 2.98. The van der Waals surface area contributed by atoms with Gasteiger partial charge < -0.3 is 11.5 Å². The average molecular weight is 379 g/mol. The van der Waals surface area contributed by atoms with E-state index in [1.54, 1.807) is 23.8 Å². The number of hydrogen-bond donors (Lipinski definition) is 2. The van der Waals surface area contributed by atoms with Gasteiger partial charge in [0.1, 0.15) is 0 Å². The number of rotatable bonds is 3. The molecule has 2 aromatic rings. The summed E-state index contributed by atoms with van der Waals surface area (Å²) in [7, 11) is 0. The van der Waals surface area contributed by atoms with Gasteiger partial charge >= 0.3 is 0 Å². The molecule has 2 aliphatic rings. The molecule has 0 aromatic heterocycles. The molecule has 2 nitrogen and oxygen atoms in total. The Bertz CT molecular complexity index is 675. The fraction of sp³-hybridized carbons (Fsp3) is 0.538. The molecule has 4 N–H and O–H groups in total. The molecular weight excluding hydrogens is 340 g/mol. The van der Waals surface area contributed by atoms with Gasteiger partial charge in [-0.25, -0.2) is 0 Å². The van der Waals surface area contributed by atoms with E-state index in [1.807, 2.05) is 6.07 Å². The molecule has 2 saturated carbocycles. The maximum Gasteiger partial charge on any atom is 0.0334 e. The van der Waals surface area contributed by atoms with E-state index in [-0.39, 0.29) is 0 Å². The van der Waals surface area contributed by atoms with E-state index in [2.05, 4.69) is 31.2 Å². The largest absolute Gasteiger partial charge is 0.399 e. The SMILES string of the molecule is CCc1ccc(C2CCC(C3CCCCC3)CC2)cc1.Nc1cccc(N)c1. The second-order valence-corrected chi connectivity index (χ2v) is 8.78. The summed E-state index contributed by atoms with van der Waals surface area (Å²) in [5.41, 5.74) is 15.3. The summed E-state index contributed by atoms with van der Waals surface area (Å²) in [5, 5.41) is 0. The van der Waals surface area contributed by atoms with Crippen molar-refractivity contribution in [3.8, 4) is 0 Å². The molecule has 28 heavy (non-hydrogen) atoms. The smallest absolute Gasteiger partial charge is 0.0334 e. The Labute approximate surface area is 171 Å². The summed E-state index contributed by atoms with van der Waals surface area (Å²) < 4.78 is 0. The van der Waals surface area contributed by atoms with Crippen molar-refractivity contribution < 1.29 is 0 Å². The van der Waals surface area contributed by atoms with Gasteiger partial charge in [-0.3, -0.25) is 0 Å². The van der Waals surface area contributed by atoms with Crippen LogP contribution in [0.2, 0.25) is 0 Å². The van der Waals surface area contributed by atoms with Gasteiger partial charge in [-0.05, 0) is 79.2 Å². The minimum Gasteiger partial charge on any atom is -0.399 e. The van der Waals surface area contributed by atoms with Gasteiger partial charge in [-0.1, -0.05) is 69.4 Å². The third kappa shape index (κ3) is 6.02. The Morgan fingerprint density at radius 3 is 1.79 bits per heavy atom. The first kappa shape index (κ1) is 20.8. The maximum absolute atomic E-state index is 5.38. The molecule has 0 amide bonds. The maximum atomic E-state index is 5.38. The molecule has 0 spiro atoms. The van der Waals surface area contributed by atoms with E-state index >= 15 is 0 Å². The van der Waals surface area contributed by atoms with Gasteiger partial charge in [0.2, 0.25) is 0 Å². The summed E-state index contributed by atoms with van der Waals surface area (Å²) >= 11 is 0. The van der Waals surface area contributed by atoms with Gasteiger partial charge in [0, 0.05) is 11.4 Å². The van der Waals surface area contributed by atoms with Crippen molar-refractivity contribution in [3.05, 3.63) is 59.7 Å². The first-order valence-corrected chi connectivity index (χ1v) is 11.4. The van der Waals surface area contributed by atoms with Crippen molar-refractivity contribution in [2.45, 2.75) is 77.0 Å². The van der Waals surface area contributed by atoms with E-state index < -0.39 is 0 Å². The Morgan fingerprint density at radius 1 is 0.714 bits per heavy atom. The Kier molecular flexibility index (Phi) is 7.82. The van der Waals surface area contributed by atoms with Crippen LogP contribution in [0.25, 0.3) is 0 Å². The molecule has 4 rings (SSSR count). The van der Waals surface area contributed by atoms with Crippen LogP contribution in [0.3, 0.4) is 0 Å². The van der Waals surface area contributed by atoms with Crippen LogP contribution in [0.4, 0.5) is 11.4 Å². The molecule has 0 unspecified atom stereocenters. The summed E-state index contributed by atoms with van der Waals surface area (Å²) in [4.78, 5) is 0. The van der Waals surface area contributed by atoms with E-state index in [9.17, 15) is 0 Å².